The summed E-state index contributed by atoms with van der Waals surface area (Å²) >= 11 is 6.63. The predicted octanol–water partition coefficient (Wildman–Crippen LogP) is 4.41. The zero-order chi connectivity index (χ0) is 14.0. The van der Waals surface area contributed by atoms with E-state index in [1.54, 1.807) is 24.3 Å². The number of carboxylic acid groups (broad SMARTS) is 1. The van der Waals surface area contributed by atoms with Crippen molar-refractivity contribution in [2.24, 2.45) is 0 Å². The quantitative estimate of drug-likeness (QED) is 0.848. The Morgan fingerprint density at radius 2 is 2.00 bits per heavy atom. The number of carbonyl (C=O) groups is 1. The zero-order valence-electron chi connectivity index (χ0n) is 9.85. The number of hydrogen-bond donors (Lipinski definition) is 1. The standard InChI is InChI=1S/C13H9Br2NO3/c1-7-10(15)4-5-12(16-7)19-11-6-8(14)2-3-9(11)13(17)18/h2-6H,1H3,(H,17,18). The Hall–Kier alpha value is -1.40. The summed E-state index contributed by atoms with van der Waals surface area (Å²) < 4.78 is 7.15. The van der Waals surface area contributed by atoms with Gasteiger partial charge in [0.25, 0.3) is 0 Å². The SMILES string of the molecule is Cc1nc(Oc2cc(Br)ccc2C(=O)O)ccc1Br. The summed E-state index contributed by atoms with van der Waals surface area (Å²) in [5.41, 5.74) is 0.856. The largest absolute Gasteiger partial charge is 0.478 e. The summed E-state index contributed by atoms with van der Waals surface area (Å²) in [7, 11) is 0. The maximum atomic E-state index is 11.1. The van der Waals surface area contributed by atoms with Crippen molar-refractivity contribution in [3.8, 4) is 11.6 Å². The zero-order valence-corrected chi connectivity index (χ0v) is 13.0. The van der Waals surface area contributed by atoms with Crippen LogP contribution in [0.1, 0.15) is 16.1 Å². The molecule has 0 radical (unpaired) electrons. The second-order valence-corrected chi connectivity index (χ2v) is 5.53. The Morgan fingerprint density at radius 3 is 2.63 bits per heavy atom. The van der Waals surface area contributed by atoms with Crippen molar-refractivity contribution < 1.29 is 14.6 Å². The second kappa shape index (κ2) is 5.71. The molecule has 0 unspecified atom stereocenters. The van der Waals surface area contributed by atoms with Crippen LogP contribution in [-0.4, -0.2) is 16.1 Å². The first-order chi connectivity index (χ1) is 8.97. The molecule has 1 aromatic heterocycles. The van der Waals surface area contributed by atoms with Crippen LogP contribution in [0.25, 0.3) is 0 Å². The molecule has 0 spiro atoms. The highest BCUT2D eigenvalue weighted by molar-refractivity contribution is 9.10. The van der Waals surface area contributed by atoms with Gasteiger partial charge in [-0.1, -0.05) is 15.9 Å². The number of halogens is 2. The summed E-state index contributed by atoms with van der Waals surface area (Å²) in [6.07, 6.45) is 0. The number of carboxylic acids is 1. The molecule has 0 aliphatic rings. The minimum absolute atomic E-state index is 0.0885. The lowest BCUT2D eigenvalue weighted by atomic mass is 10.2. The molecule has 6 heteroatoms. The van der Waals surface area contributed by atoms with Gasteiger partial charge < -0.3 is 9.84 Å². The van der Waals surface area contributed by atoms with E-state index in [4.69, 9.17) is 9.84 Å². The maximum Gasteiger partial charge on any atom is 0.339 e. The Morgan fingerprint density at radius 1 is 1.26 bits per heavy atom. The fraction of sp³-hybridized carbons (Fsp3) is 0.0769. The lowest BCUT2D eigenvalue weighted by Gasteiger charge is -2.09. The molecule has 19 heavy (non-hydrogen) atoms. The van der Waals surface area contributed by atoms with E-state index >= 15 is 0 Å². The Balaban J connectivity index is 2.39. The van der Waals surface area contributed by atoms with E-state index in [9.17, 15) is 4.79 Å². The number of aromatic nitrogens is 1. The molecule has 0 aliphatic heterocycles. The fourth-order valence-electron chi connectivity index (χ4n) is 1.45. The molecule has 1 heterocycles. The molecular formula is C13H9Br2NO3. The van der Waals surface area contributed by atoms with Crippen LogP contribution in [0.5, 0.6) is 11.6 Å². The summed E-state index contributed by atoms with van der Waals surface area (Å²) in [5.74, 6) is -0.450. The van der Waals surface area contributed by atoms with E-state index in [1.807, 2.05) is 6.92 Å². The number of aryl methyl sites for hydroxylation is 1. The van der Waals surface area contributed by atoms with Crippen molar-refractivity contribution >= 4 is 37.8 Å². The van der Waals surface area contributed by atoms with Gasteiger partial charge in [0.15, 0.2) is 0 Å². The van der Waals surface area contributed by atoms with Crippen LogP contribution in [0.3, 0.4) is 0 Å². The number of rotatable bonds is 3. The number of pyridine rings is 1. The van der Waals surface area contributed by atoms with Gasteiger partial charge in [-0.3, -0.25) is 0 Å². The predicted molar refractivity (Wildman–Crippen MR) is 77.8 cm³/mol. The molecule has 98 valence electrons. The second-order valence-electron chi connectivity index (χ2n) is 3.76. The van der Waals surface area contributed by atoms with Gasteiger partial charge in [0.1, 0.15) is 11.3 Å². The van der Waals surface area contributed by atoms with Crippen LogP contribution in [0, 0.1) is 6.92 Å². The fourth-order valence-corrected chi connectivity index (χ4v) is 2.01. The Kier molecular flexibility index (Phi) is 4.21. The van der Waals surface area contributed by atoms with Gasteiger partial charge in [0, 0.05) is 15.0 Å². The van der Waals surface area contributed by atoms with E-state index in [-0.39, 0.29) is 11.3 Å². The average Bonchev–Trinajstić information content (AvgIpc) is 2.33. The van der Waals surface area contributed by atoms with Gasteiger partial charge in [-0.05, 0) is 47.1 Å². The van der Waals surface area contributed by atoms with Crippen LogP contribution in [0.2, 0.25) is 0 Å². The molecule has 0 bridgehead atoms. The van der Waals surface area contributed by atoms with E-state index in [1.165, 1.54) is 6.07 Å². The van der Waals surface area contributed by atoms with Gasteiger partial charge in [-0.2, -0.15) is 0 Å². The number of benzene rings is 1. The molecule has 2 aromatic rings. The molecule has 1 aromatic carbocycles. The molecule has 4 nitrogen and oxygen atoms in total. The molecule has 2 rings (SSSR count). The van der Waals surface area contributed by atoms with E-state index in [2.05, 4.69) is 36.8 Å². The molecule has 0 atom stereocenters. The van der Waals surface area contributed by atoms with Gasteiger partial charge in [0.2, 0.25) is 5.88 Å². The van der Waals surface area contributed by atoms with E-state index < -0.39 is 5.97 Å². The summed E-state index contributed by atoms with van der Waals surface area (Å²) in [4.78, 5) is 15.3. The van der Waals surface area contributed by atoms with Crippen LogP contribution in [0.4, 0.5) is 0 Å². The van der Waals surface area contributed by atoms with E-state index in [0.29, 0.717) is 5.88 Å². The molecule has 0 saturated heterocycles. The average molecular weight is 387 g/mol. The topological polar surface area (TPSA) is 59.4 Å². The smallest absolute Gasteiger partial charge is 0.339 e. The minimum Gasteiger partial charge on any atom is -0.478 e. The number of ether oxygens (including phenoxy) is 1. The molecule has 1 N–H and O–H groups in total. The van der Waals surface area contributed by atoms with Crippen LogP contribution >= 0.6 is 31.9 Å². The highest BCUT2D eigenvalue weighted by Crippen LogP contribution is 2.29. The first-order valence-electron chi connectivity index (χ1n) is 5.31. The molecule has 0 fully saturated rings. The molecule has 0 amide bonds. The lowest BCUT2D eigenvalue weighted by Crippen LogP contribution is -2.01. The third-order valence-electron chi connectivity index (χ3n) is 2.38. The summed E-state index contributed by atoms with van der Waals surface area (Å²) in [6.45, 7) is 1.83. The van der Waals surface area contributed by atoms with Gasteiger partial charge in [-0.25, -0.2) is 9.78 Å². The monoisotopic (exact) mass is 385 g/mol. The van der Waals surface area contributed by atoms with Crippen LogP contribution in [-0.2, 0) is 0 Å². The van der Waals surface area contributed by atoms with Crippen molar-refractivity contribution in [3.05, 3.63) is 50.5 Å². The first kappa shape index (κ1) is 14.0. The highest BCUT2D eigenvalue weighted by atomic mass is 79.9. The number of aromatic carboxylic acids is 1. The van der Waals surface area contributed by atoms with Crippen molar-refractivity contribution in [3.63, 3.8) is 0 Å². The lowest BCUT2D eigenvalue weighted by molar-refractivity contribution is 0.0694. The molecular weight excluding hydrogens is 378 g/mol. The third-order valence-corrected chi connectivity index (χ3v) is 3.72. The molecule has 0 aliphatic carbocycles. The van der Waals surface area contributed by atoms with Crippen LogP contribution in [0.15, 0.2) is 39.3 Å². The summed E-state index contributed by atoms with van der Waals surface area (Å²) in [6, 6.07) is 8.20. The summed E-state index contributed by atoms with van der Waals surface area (Å²) in [5, 5.41) is 9.11. The van der Waals surface area contributed by atoms with Crippen LogP contribution < -0.4 is 4.74 Å². The maximum absolute atomic E-state index is 11.1. The molecule has 0 saturated carbocycles. The van der Waals surface area contributed by atoms with Gasteiger partial charge in [0.05, 0.1) is 5.69 Å². The van der Waals surface area contributed by atoms with Gasteiger partial charge >= 0.3 is 5.97 Å². The Bertz CT molecular complexity index is 644. The first-order valence-corrected chi connectivity index (χ1v) is 6.90. The van der Waals surface area contributed by atoms with Crippen molar-refractivity contribution in [2.75, 3.05) is 0 Å². The minimum atomic E-state index is -1.05. The number of nitrogens with zero attached hydrogens (tertiary/aromatic N) is 1. The van der Waals surface area contributed by atoms with Crippen molar-refractivity contribution in [2.45, 2.75) is 6.92 Å². The van der Waals surface area contributed by atoms with E-state index in [0.717, 1.165) is 14.6 Å². The number of hydrogen-bond acceptors (Lipinski definition) is 3. The third kappa shape index (κ3) is 3.33. The van der Waals surface area contributed by atoms with Crippen molar-refractivity contribution in [1.29, 1.82) is 0 Å². The van der Waals surface area contributed by atoms with Gasteiger partial charge in [-0.15, -0.1) is 0 Å². The Labute approximate surface area is 126 Å². The normalized spacial score (nSPS) is 10.3. The van der Waals surface area contributed by atoms with Crippen molar-refractivity contribution in [1.82, 2.24) is 4.98 Å². The highest BCUT2D eigenvalue weighted by Gasteiger charge is 2.13.